The van der Waals surface area contributed by atoms with Gasteiger partial charge in [-0.25, -0.2) is 0 Å². The highest BCUT2D eigenvalue weighted by molar-refractivity contribution is 5.28. The summed E-state index contributed by atoms with van der Waals surface area (Å²) in [5.41, 5.74) is 3.34. The number of rotatable bonds is 4. The van der Waals surface area contributed by atoms with Crippen molar-refractivity contribution in [2.24, 2.45) is 5.84 Å². The Labute approximate surface area is 114 Å². The average Bonchev–Trinajstić information content (AvgIpc) is 2.45. The van der Waals surface area contributed by atoms with Gasteiger partial charge in [0.05, 0.1) is 11.6 Å². The number of alkyl halides is 3. The largest absolute Gasteiger partial charge is 0.416 e. The lowest BCUT2D eigenvalue weighted by molar-refractivity contribution is -0.137. The van der Waals surface area contributed by atoms with Crippen LogP contribution in [0.5, 0.6) is 0 Å². The molecule has 1 heterocycles. The summed E-state index contributed by atoms with van der Waals surface area (Å²) in [7, 11) is 0. The lowest BCUT2D eigenvalue weighted by Crippen LogP contribution is -2.29. The molecule has 0 bridgehead atoms. The quantitative estimate of drug-likeness (QED) is 0.669. The maximum atomic E-state index is 12.7. The van der Waals surface area contributed by atoms with Crippen molar-refractivity contribution in [2.45, 2.75) is 18.6 Å². The van der Waals surface area contributed by atoms with E-state index in [1.165, 1.54) is 6.07 Å². The molecule has 0 aliphatic carbocycles. The Kier molecular flexibility index (Phi) is 4.36. The van der Waals surface area contributed by atoms with E-state index in [-0.39, 0.29) is 6.04 Å². The molecule has 0 saturated carbocycles. The summed E-state index contributed by atoms with van der Waals surface area (Å²) >= 11 is 0. The van der Waals surface area contributed by atoms with E-state index in [2.05, 4.69) is 10.4 Å². The van der Waals surface area contributed by atoms with Gasteiger partial charge in [0.2, 0.25) is 0 Å². The minimum absolute atomic E-state index is 0.285. The third kappa shape index (κ3) is 3.55. The molecular formula is C14H14F3N3. The second-order valence-electron chi connectivity index (χ2n) is 4.41. The summed E-state index contributed by atoms with van der Waals surface area (Å²) in [6.07, 6.45) is -0.721. The van der Waals surface area contributed by atoms with Crippen molar-refractivity contribution in [3.8, 4) is 0 Å². The van der Waals surface area contributed by atoms with Crippen LogP contribution in [0.25, 0.3) is 0 Å². The fourth-order valence-electron chi connectivity index (χ4n) is 1.97. The molecule has 20 heavy (non-hydrogen) atoms. The van der Waals surface area contributed by atoms with Crippen LogP contribution in [-0.2, 0) is 12.6 Å². The van der Waals surface area contributed by atoms with Crippen molar-refractivity contribution < 1.29 is 13.2 Å². The van der Waals surface area contributed by atoms with Crippen LogP contribution in [0.15, 0.2) is 48.8 Å². The van der Waals surface area contributed by atoms with Crippen LogP contribution in [0.2, 0.25) is 0 Å². The van der Waals surface area contributed by atoms with Gasteiger partial charge in [0.25, 0.3) is 0 Å². The Balaban J connectivity index is 2.20. The molecule has 3 nitrogen and oxygen atoms in total. The van der Waals surface area contributed by atoms with E-state index in [1.807, 2.05) is 6.07 Å². The SMILES string of the molecule is NNC(Cc1cccc(C(F)(F)F)c1)c1cccnc1. The van der Waals surface area contributed by atoms with Crippen LogP contribution in [0.1, 0.15) is 22.7 Å². The van der Waals surface area contributed by atoms with E-state index in [0.717, 1.165) is 17.7 Å². The molecule has 106 valence electrons. The van der Waals surface area contributed by atoms with Crippen LogP contribution >= 0.6 is 0 Å². The Morgan fingerprint density at radius 3 is 2.60 bits per heavy atom. The second kappa shape index (κ2) is 6.02. The first kappa shape index (κ1) is 14.5. The Hall–Kier alpha value is -1.92. The van der Waals surface area contributed by atoms with Crippen LogP contribution in [-0.4, -0.2) is 4.98 Å². The summed E-state index contributed by atoms with van der Waals surface area (Å²) in [6, 6.07) is 8.54. The van der Waals surface area contributed by atoms with E-state index < -0.39 is 11.7 Å². The van der Waals surface area contributed by atoms with Gasteiger partial charge in [-0.1, -0.05) is 24.3 Å². The lowest BCUT2D eigenvalue weighted by atomic mass is 9.99. The van der Waals surface area contributed by atoms with E-state index in [9.17, 15) is 13.2 Å². The van der Waals surface area contributed by atoms with Gasteiger partial charge in [-0.05, 0) is 29.7 Å². The van der Waals surface area contributed by atoms with Gasteiger partial charge in [0, 0.05) is 12.4 Å². The van der Waals surface area contributed by atoms with Gasteiger partial charge in [-0.3, -0.25) is 16.3 Å². The number of nitrogens with zero attached hydrogens (tertiary/aromatic N) is 1. The van der Waals surface area contributed by atoms with Gasteiger partial charge in [-0.15, -0.1) is 0 Å². The number of nitrogens with two attached hydrogens (primary N) is 1. The van der Waals surface area contributed by atoms with Gasteiger partial charge < -0.3 is 0 Å². The molecule has 1 atom stereocenters. The Morgan fingerprint density at radius 1 is 1.20 bits per heavy atom. The van der Waals surface area contributed by atoms with Crippen molar-refractivity contribution in [1.82, 2.24) is 10.4 Å². The minimum atomic E-state index is -4.34. The lowest BCUT2D eigenvalue weighted by Gasteiger charge is -2.17. The molecule has 0 amide bonds. The smallest absolute Gasteiger partial charge is 0.271 e. The molecule has 1 unspecified atom stereocenters. The maximum absolute atomic E-state index is 12.7. The molecule has 1 aromatic carbocycles. The number of hydrogen-bond acceptors (Lipinski definition) is 3. The topological polar surface area (TPSA) is 50.9 Å². The Bertz CT molecular complexity index is 555. The van der Waals surface area contributed by atoms with Crippen LogP contribution < -0.4 is 11.3 Å². The summed E-state index contributed by atoms with van der Waals surface area (Å²) in [6.45, 7) is 0. The maximum Gasteiger partial charge on any atom is 0.416 e. The first-order valence-corrected chi connectivity index (χ1v) is 6.03. The van der Waals surface area contributed by atoms with Crippen molar-refractivity contribution in [3.63, 3.8) is 0 Å². The molecule has 1 aromatic heterocycles. The summed E-state index contributed by atoms with van der Waals surface area (Å²) in [4.78, 5) is 3.98. The molecule has 3 N–H and O–H groups in total. The third-order valence-corrected chi connectivity index (χ3v) is 2.98. The van der Waals surface area contributed by atoms with Gasteiger partial charge in [0.1, 0.15) is 0 Å². The van der Waals surface area contributed by atoms with Crippen molar-refractivity contribution in [3.05, 3.63) is 65.5 Å². The molecule has 2 aromatic rings. The normalized spacial score (nSPS) is 13.2. The van der Waals surface area contributed by atoms with Crippen molar-refractivity contribution in [2.75, 3.05) is 0 Å². The average molecular weight is 281 g/mol. The zero-order valence-corrected chi connectivity index (χ0v) is 10.6. The molecule has 0 spiro atoms. The predicted octanol–water partition coefficient (Wildman–Crippen LogP) is 2.85. The summed E-state index contributed by atoms with van der Waals surface area (Å²) < 4.78 is 38.0. The molecule has 0 fully saturated rings. The first-order valence-electron chi connectivity index (χ1n) is 6.03. The summed E-state index contributed by atoms with van der Waals surface area (Å²) in [5.74, 6) is 5.48. The zero-order valence-electron chi connectivity index (χ0n) is 10.6. The second-order valence-corrected chi connectivity index (χ2v) is 4.41. The van der Waals surface area contributed by atoms with E-state index in [4.69, 9.17) is 5.84 Å². The summed E-state index contributed by atoms with van der Waals surface area (Å²) in [5, 5.41) is 0. The number of hydrogen-bond donors (Lipinski definition) is 2. The molecule has 0 aliphatic heterocycles. The number of pyridine rings is 1. The molecular weight excluding hydrogens is 267 g/mol. The number of halogens is 3. The first-order chi connectivity index (χ1) is 9.50. The minimum Gasteiger partial charge on any atom is -0.271 e. The molecule has 0 aliphatic rings. The monoisotopic (exact) mass is 281 g/mol. The van der Waals surface area contributed by atoms with E-state index in [0.29, 0.717) is 12.0 Å². The molecule has 0 radical (unpaired) electrons. The molecule has 6 heteroatoms. The predicted molar refractivity (Wildman–Crippen MR) is 69.4 cm³/mol. The highest BCUT2D eigenvalue weighted by Gasteiger charge is 2.30. The zero-order chi connectivity index (χ0) is 14.6. The van der Waals surface area contributed by atoms with E-state index in [1.54, 1.807) is 24.5 Å². The third-order valence-electron chi connectivity index (χ3n) is 2.98. The van der Waals surface area contributed by atoms with Gasteiger partial charge in [0.15, 0.2) is 0 Å². The Morgan fingerprint density at radius 2 is 2.00 bits per heavy atom. The number of aromatic nitrogens is 1. The van der Waals surface area contributed by atoms with Crippen LogP contribution in [0, 0.1) is 0 Å². The fraction of sp³-hybridized carbons (Fsp3) is 0.214. The van der Waals surface area contributed by atoms with Gasteiger partial charge in [-0.2, -0.15) is 13.2 Å². The fourth-order valence-corrected chi connectivity index (χ4v) is 1.97. The number of nitrogens with one attached hydrogen (secondary N) is 1. The van der Waals surface area contributed by atoms with Crippen molar-refractivity contribution >= 4 is 0 Å². The van der Waals surface area contributed by atoms with Gasteiger partial charge >= 0.3 is 6.18 Å². The van der Waals surface area contributed by atoms with Crippen molar-refractivity contribution in [1.29, 1.82) is 0 Å². The highest BCUT2D eigenvalue weighted by atomic mass is 19.4. The number of benzene rings is 1. The number of hydrazine groups is 1. The standard InChI is InChI=1S/C14H14F3N3/c15-14(16,17)12-5-1-3-10(7-12)8-13(20-18)11-4-2-6-19-9-11/h1-7,9,13,20H,8,18H2. The van der Waals surface area contributed by atoms with Crippen LogP contribution in [0.4, 0.5) is 13.2 Å². The molecule has 2 rings (SSSR count). The van der Waals surface area contributed by atoms with Crippen LogP contribution in [0.3, 0.4) is 0 Å². The highest BCUT2D eigenvalue weighted by Crippen LogP contribution is 2.30. The van der Waals surface area contributed by atoms with E-state index >= 15 is 0 Å². The molecule has 0 saturated heterocycles.